The summed E-state index contributed by atoms with van der Waals surface area (Å²) in [5.41, 5.74) is 3.56. The number of pyridine rings is 1. The number of nitrogens with one attached hydrogen (secondary N) is 1. The number of fused-ring (bicyclic) bond motifs is 1. The number of halogens is 1. The molecular weight excluding hydrogens is 357 g/mol. The van der Waals surface area contributed by atoms with Gasteiger partial charge in [-0.05, 0) is 60.5 Å². The summed E-state index contributed by atoms with van der Waals surface area (Å²) in [5, 5.41) is 0.484. The molecule has 0 amide bonds. The third-order valence-electron chi connectivity index (χ3n) is 4.50. The van der Waals surface area contributed by atoms with Gasteiger partial charge in [0.25, 0.3) is 5.56 Å². The normalized spacial score (nSPS) is 11.0. The van der Waals surface area contributed by atoms with Gasteiger partial charge in [0.05, 0.1) is 23.7 Å². The number of benzene rings is 2. The van der Waals surface area contributed by atoms with Crippen molar-refractivity contribution >= 4 is 10.9 Å². The van der Waals surface area contributed by atoms with Crippen LogP contribution < -0.4 is 10.3 Å². The molecule has 6 heteroatoms. The van der Waals surface area contributed by atoms with Crippen LogP contribution in [0.5, 0.6) is 5.75 Å². The number of H-pyrrole nitrogens is 1. The molecule has 1 N–H and O–H groups in total. The van der Waals surface area contributed by atoms with Crippen molar-refractivity contribution < 1.29 is 9.13 Å². The lowest BCUT2D eigenvalue weighted by Crippen LogP contribution is -2.12. The maximum absolute atomic E-state index is 13.6. The van der Waals surface area contributed by atoms with Crippen LogP contribution in [0.2, 0.25) is 0 Å². The van der Waals surface area contributed by atoms with E-state index in [1.807, 2.05) is 25.1 Å². The van der Waals surface area contributed by atoms with Crippen molar-refractivity contribution in [2.45, 2.75) is 13.3 Å². The van der Waals surface area contributed by atoms with E-state index in [0.717, 1.165) is 16.7 Å². The van der Waals surface area contributed by atoms with E-state index in [1.165, 1.54) is 12.1 Å². The summed E-state index contributed by atoms with van der Waals surface area (Å²) in [4.78, 5) is 24.1. The van der Waals surface area contributed by atoms with Gasteiger partial charge in [-0.25, -0.2) is 9.37 Å². The van der Waals surface area contributed by atoms with Gasteiger partial charge in [-0.3, -0.25) is 9.78 Å². The van der Waals surface area contributed by atoms with E-state index >= 15 is 0 Å². The van der Waals surface area contributed by atoms with Crippen LogP contribution in [-0.4, -0.2) is 22.1 Å². The highest BCUT2D eigenvalue weighted by molar-refractivity contribution is 5.79. The Labute approximate surface area is 160 Å². The standard InChI is InChI=1S/C22H18FN3O2/c1-13-7-15(10-16(23)8-13)19-5-3-14(12-24-19)9-21-25-20-6-4-17(28-2)11-18(20)22(27)26-21/h3-8,10-12H,9H2,1-2H3,(H,25,26,27). The number of hydrogen-bond donors (Lipinski definition) is 1. The summed E-state index contributed by atoms with van der Waals surface area (Å²) in [7, 11) is 1.55. The Balaban J connectivity index is 1.61. The zero-order valence-electron chi connectivity index (χ0n) is 15.5. The molecule has 0 aliphatic heterocycles. The molecule has 0 atom stereocenters. The van der Waals surface area contributed by atoms with Crippen molar-refractivity contribution in [3.8, 4) is 17.0 Å². The minimum Gasteiger partial charge on any atom is -0.497 e. The molecule has 0 aliphatic rings. The predicted octanol–water partition coefficient (Wildman–Crippen LogP) is 4.03. The number of methoxy groups -OCH3 is 1. The summed E-state index contributed by atoms with van der Waals surface area (Å²) in [6.45, 7) is 1.85. The fourth-order valence-electron chi connectivity index (χ4n) is 3.15. The lowest BCUT2D eigenvalue weighted by atomic mass is 10.1. The molecule has 4 aromatic rings. The minimum absolute atomic E-state index is 0.210. The number of aryl methyl sites for hydroxylation is 1. The molecule has 2 aromatic carbocycles. The fourth-order valence-corrected chi connectivity index (χ4v) is 3.15. The van der Waals surface area contributed by atoms with Crippen molar-refractivity contribution in [1.29, 1.82) is 0 Å². The summed E-state index contributed by atoms with van der Waals surface area (Å²) >= 11 is 0. The highest BCUT2D eigenvalue weighted by Crippen LogP contribution is 2.21. The van der Waals surface area contributed by atoms with Gasteiger partial charge in [0.2, 0.25) is 0 Å². The molecule has 4 rings (SSSR count). The maximum atomic E-state index is 13.6. The smallest absolute Gasteiger partial charge is 0.258 e. The summed E-state index contributed by atoms with van der Waals surface area (Å²) in [6, 6.07) is 13.8. The predicted molar refractivity (Wildman–Crippen MR) is 106 cm³/mol. The van der Waals surface area contributed by atoms with E-state index in [2.05, 4.69) is 15.0 Å². The topological polar surface area (TPSA) is 67.9 Å². The van der Waals surface area contributed by atoms with Crippen molar-refractivity contribution in [3.63, 3.8) is 0 Å². The third-order valence-corrected chi connectivity index (χ3v) is 4.50. The summed E-state index contributed by atoms with van der Waals surface area (Å²) in [6.07, 6.45) is 2.15. The Kier molecular flexibility index (Phi) is 4.61. The van der Waals surface area contributed by atoms with Crippen molar-refractivity contribution in [2.75, 3.05) is 7.11 Å². The summed E-state index contributed by atoms with van der Waals surface area (Å²) in [5.74, 6) is 0.884. The first kappa shape index (κ1) is 17.9. The van der Waals surface area contributed by atoms with Gasteiger partial charge in [0, 0.05) is 18.2 Å². The second-order valence-electron chi connectivity index (χ2n) is 6.64. The molecule has 0 radical (unpaired) electrons. The molecule has 0 spiro atoms. The number of ether oxygens (including phenoxy) is 1. The Morgan fingerprint density at radius 2 is 1.96 bits per heavy atom. The van der Waals surface area contributed by atoms with E-state index in [0.29, 0.717) is 34.6 Å². The molecule has 0 bridgehead atoms. The average molecular weight is 375 g/mol. The first-order valence-corrected chi connectivity index (χ1v) is 8.81. The van der Waals surface area contributed by atoms with Crippen LogP contribution in [0.1, 0.15) is 17.0 Å². The minimum atomic E-state index is -0.282. The Bertz CT molecular complexity index is 1200. The number of rotatable bonds is 4. The number of hydrogen-bond acceptors (Lipinski definition) is 4. The van der Waals surface area contributed by atoms with Gasteiger partial charge in [0.1, 0.15) is 17.4 Å². The maximum Gasteiger partial charge on any atom is 0.258 e. The molecule has 2 heterocycles. The van der Waals surface area contributed by atoms with Crippen LogP contribution in [0, 0.1) is 12.7 Å². The first-order valence-electron chi connectivity index (χ1n) is 8.81. The lowest BCUT2D eigenvalue weighted by molar-refractivity contribution is 0.415. The van der Waals surface area contributed by atoms with Gasteiger partial charge < -0.3 is 9.72 Å². The molecule has 0 fully saturated rings. The summed E-state index contributed by atoms with van der Waals surface area (Å²) < 4.78 is 18.8. The first-order chi connectivity index (χ1) is 13.5. The van der Waals surface area contributed by atoms with E-state index < -0.39 is 0 Å². The van der Waals surface area contributed by atoms with Gasteiger partial charge >= 0.3 is 0 Å². The molecule has 140 valence electrons. The van der Waals surface area contributed by atoms with Crippen LogP contribution >= 0.6 is 0 Å². The van der Waals surface area contributed by atoms with Crippen LogP contribution in [-0.2, 0) is 6.42 Å². The van der Waals surface area contributed by atoms with Crippen LogP contribution in [0.25, 0.3) is 22.2 Å². The van der Waals surface area contributed by atoms with Crippen LogP contribution in [0.15, 0.2) is 59.5 Å². The molecule has 0 unspecified atom stereocenters. The van der Waals surface area contributed by atoms with Crippen molar-refractivity contribution in [3.05, 3.63) is 87.9 Å². The van der Waals surface area contributed by atoms with Crippen LogP contribution in [0.4, 0.5) is 4.39 Å². The van der Waals surface area contributed by atoms with Gasteiger partial charge in [-0.1, -0.05) is 6.07 Å². The quantitative estimate of drug-likeness (QED) is 0.585. The number of aromatic nitrogens is 3. The molecule has 28 heavy (non-hydrogen) atoms. The monoisotopic (exact) mass is 375 g/mol. The Hall–Kier alpha value is -3.54. The Morgan fingerprint density at radius 1 is 1.11 bits per heavy atom. The highest BCUT2D eigenvalue weighted by atomic mass is 19.1. The zero-order valence-corrected chi connectivity index (χ0v) is 15.5. The van der Waals surface area contributed by atoms with Crippen molar-refractivity contribution in [2.24, 2.45) is 0 Å². The molecular formula is C22H18FN3O2. The molecule has 0 aliphatic carbocycles. The number of aromatic amines is 1. The van der Waals surface area contributed by atoms with Gasteiger partial charge in [0.15, 0.2) is 0 Å². The molecule has 0 saturated carbocycles. The average Bonchev–Trinajstić information content (AvgIpc) is 2.67. The largest absolute Gasteiger partial charge is 0.497 e. The van der Waals surface area contributed by atoms with E-state index in [1.54, 1.807) is 31.5 Å². The zero-order chi connectivity index (χ0) is 19.7. The highest BCUT2D eigenvalue weighted by Gasteiger charge is 2.08. The van der Waals surface area contributed by atoms with E-state index in [-0.39, 0.29) is 11.4 Å². The lowest BCUT2D eigenvalue weighted by Gasteiger charge is -2.07. The molecule has 5 nitrogen and oxygen atoms in total. The second-order valence-corrected chi connectivity index (χ2v) is 6.64. The van der Waals surface area contributed by atoms with E-state index in [9.17, 15) is 9.18 Å². The fraction of sp³-hybridized carbons (Fsp3) is 0.136. The number of nitrogens with zero attached hydrogens (tertiary/aromatic N) is 2. The Morgan fingerprint density at radius 3 is 2.68 bits per heavy atom. The SMILES string of the molecule is COc1ccc2nc(Cc3ccc(-c4cc(C)cc(F)c4)nc3)[nH]c(=O)c2c1. The van der Waals surface area contributed by atoms with Gasteiger partial charge in [-0.2, -0.15) is 0 Å². The molecule has 2 aromatic heterocycles. The van der Waals surface area contributed by atoms with Gasteiger partial charge in [-0.15, -0.1) is 0 Å². The van der Waals surface area contributed by atoms with Crippen molar-refractivity contribution in [1.82, 2.24) is 15.0 Å². The van der Waals surface area contributed by atoms with Crippen LogP contribution in [0.3, 0.4) is 0 Å². The third kappa shape index (κ3) is 3.62. The molecule has 0 saturated heterocycles. The van der Waals surface area contributed by atoms with E-state index in [4.69, 9.17) is 4.74 Å². The second kappa shape index (κ2) is 7.23.